The van der Waals surface area contributed by atoms with Gasteiger partial charge in [-0.1, -0.05) is 5.16 Å². The highest BCUT2D eigenvalue weighted by molar-refractivity contribution is 6.02. The average molecular weight is 305 g/mol. The Hall–Kier alpha value is -1.96. The number of amidine groups is 1. The summed E-state index contributed by atoms with van der Waals surface area (Å²) in [7, 11) is 1.53. The second kappa shape index (κ2) is 7.16. The molecule has 0 aliphatic carbocycles. The first kappa shape index (κ1) is 17.1. The Balaban J connectivity index is 3.30. The first-order valence-electron chi connectivity index (χ1n) is 6.28. The van der Waals surface area contributed by atoms with Crippen molar-refractivity contribution in [1.29, 1.82) is 0 Å². The number of alkyl halides is 3. The lowest BCUT2D eigenvalue weighted by Crippen LogP contribution is -2.30. The molecule has 0 spiro atoms. The fraction of sp³-hybridized carbons (Fsp3) is 0.462. The van der Waals surface area contributed by atoms with E-state index < -0.39 is 11.7 Å². The summed E-state index contributed by atoms with van der Waals surface area (Å²) in [4.78, 5) is 1.79. The number of hydrogen-bond acceptors (Lipinski definition) is 4. The molecule has 0 saturated heterocycles. The molecular formula is C13H18F3N3O2. The second-order valence-electron chi connectivity index (χ2n) is 4.29. The lowest BCUT2D eigenvalue weighted by Gasteiger charge is -2.25. The number of halogens is 3. The number of oxime groups is 1. The lowest BCUT2D eigenvalue weighted by molar-refractivity contribution is -0.137. The topological polar surface area (TPSA) is 71.1 Å². The molecule has 3 N–H and O–H groups in total. The van der Waals surface area contributed by atoms with E-state index in [1.807, 2.05) is 6.92 Å². The maximum absolute atomic E-state index is 12.8. The van der Waals surface area contributed by atoms with Crippen molar-refractivity contribution in [2.24, 2.45) is 10.9 Å². The van der Waals surface area contributed by atoms with Crippen LogP contribution in [0.2, 0.25) is 0 Å². The molecule has 0 atom stereocenters. The van der Waals surface area contributed by atoms with Crippen molar-refractivity contribution in [1.82, 2.24) is 0 Å². The minimum Gasteiger partial charge on any atom is -0.409 e. The Labute approximate surface area is 120 Å². The molecule has 0 unspecified atom stereocenters. The predicted molar refractivity (Wildman–Crippen MR) is 73.7 cm³/mol. The van der Waals surface area contributed by atoms with Crippen LogP contribution in [0, 0.1) is 0 Å². The summed E-state index contributed by atoms with van der Waals surface area (Å²) >= 11 is 0. The SMILES string of the molecule is CCN(CCOC)c1ccc(C(F)(F)F)cc1C(N)=NO. The number of nitrogens with two attached hydrogens (primary N) is 1. The number of likely N-dealkylation sites (N-methyl/N-ethyl adjacent to an activating group) is 1. The maximum atomic E-state index is 12.8. The summed E-state index contributed by atoms with van der Waals surface area (Å²) in [6, 6.07) is 3.16. The second-order valence-corrected chi connectivity index (χ2v) is 4.29. The normalized spacial score (nSPS) is 12.5. The summed E-state index contributed by atoms with van der Waals surface area (Å²) < 4.78 is 43.3. The molecule has 0 saturated carbocycles. The molecule has 0 aliphatic rings. The summed E-state index contributed by atoms with van der Waals surface area (Å²) in [5, 5.41) is 11.6. The van der Waals surface area contributed by atoms with Crippen molar-refractivity contribution < 1.29 is 23.1 Å². The zero-order valence-electron chi connectivity index (χ0n) is 11.8. The molecule has 0 aliphatic heterocycles. The minimum atomic E-state index is -4.49. The third-order valence-electron chi connectivity index (χ3n) is 3.00. The van der Waals surface area contributed by atoms with Crippen LogP contribution in [-0.2, 0) is 10.9 Å². The van der Waals surface area contributed by atoms with Crippen LogP contribution in [0.15, 0.2) is 23.4 Å². The van der Waals surface area contributed by atoms with Gasteiger partial charge in [-0.15, -0.1) is 0 Å². The van der Waals surface area contributed by atoms with Gasteiger partial charge >= 0.3 is 6.18 Å². The van der Waals surface area contributed by atoms with Gasteiger partial charge < -0.3 is 20.6 Å². The molecule has 5 nitrogen and oxygen atoms in total. The Morgan fingerprint density at radius 1 is 1.43 bits per heavy atom. The summed E-state index contributed by atoms with van der Waals surface area (Å²) in [5.74, 6) is -0.369. The largest absolute Gasteiger partial charge is 0.416 e. The van der Waals surface area contributed by atoms with E-state index in [0.29, 0.717) is 25.4 Å². The highest BCUT2D eigenvalue weighted by Gasteiger charge is 2.31. The zero-order valence-corrected chi connectivity index (χ0v) is 11.8. The van der Waals surface area contributed by atoms with Crippen LogP contribution < -0.4 is 10.6 Å². The molecule has 1 rings (SSSR count). The number of nitrogens with zero attached hydrogens (tertiary/aromatic N) is 2. The number of hydrogen-bond donors (Lipinski definition) is 2. The fourth-order valence-electron chi connectivity index (χ4n) is 1.90. The molecular weight excluding hydrogens is 287 g/mol. The van der Waals surface area contributed by atoms with Crippen molar-refractivity contribution in [3.8, 4) is 0 Å². The Morgan fingerprint density at radius 3 is 2.57 bits per heavy atom. The van der Waals surface area contributed by atoms with E-state index in [4.69, 9.17) is 15.7 Å². The van der Waals surface area contributed by atoms with Crippen molar-refractivity contribution in [3.05, 3.63) is 29.3 Å². The molecule has 21 heavy (non-hydrogen) atoms. The maximum Gasteiger partial charge on any atom is 0.416 e. The monoisotopic (exact) mass is 305 g/mol. The van der Waals surface area contributed by atoms with E-state index in [9.17, 15) is 13.2 Å². The fourth-order valence-corrected chi connectivity index (χ4v) is 1.90. The predicted octanol–water partition coefficient (Wildman–Crippen LogP) is 2.27. The van der Waals surface area contributed by atoms with Gasteiger partial charge in [0.15, 0.2) is 5.84 Å². The van der Waals surface area contributed by atoms with Gasteiger partial charge in [0.2, 0.25) is 0 Å². The molecule has 0 fully saturated rings. The summed E-state index contributed by atoms with van der Waals surface area (Å²) in [5.41, 5.74) is 5.14. The number of rotatable bonds is 6. The van der Waals surface area contributed by atoms with Gasteiger partial charge in [-0.2, -0.15) is 13.2 Å². The quantitative estimate of drug-likeness (QED) is 0.366. The molecule has 0 heterocycles. The van der Waals surface area contributed by atoms with Crippen molar-refractivity contribution >= 4 is 11.5 Å². The minimum absolute atomic E-state index is 0.0327. The van der Waals surface area contributed by atoms with Crippen LogP contribution in [0.3, 0.4) is 0 Å². The molecule has 0 bridgehead atoms. The standard InChI is InChI=1S/C13H18F3N3O2/c1-3-19(6-7-21-2)11-5-4-9(13(14,15)16)8-10(11)12(17)18-20/h4-5,8,20H,3,6-7H2,1-2H3,(H2,17,18). The van der Waals surface area contributed by atoms with Gasteiger partial charge in [-0.3, -0.25) is 0 Å². The average Bonchev–Trinajstić information content (AvgIpc) is 2.46. The molecule has 0 radical (unpaired) electrons. The summed E-state index contributed by atoms with van der Waals surface area (Å²) in [6.45, 7) is 3.28. The zero-order chi connectivity index (χ0) is 16.0. The number of anilines is 1. The first-order chi connectivity index (χ1) is 9.85. The highest BCUT2D eigenvalue weighted by Crippen LogP contribution is 2.32. The molecule has 1 aromatic rings. The van der Waals surface area contributed by atoms with Gasteiger partial charge in [0, 0.05) is 31.5 Å². The van der Waals surface area contributed by atoms with Crippen LogP contribution in [0.25, 0.3) is 0 Å². The number of benzene rings is 1. The third-order valence-corrected chi connectivity index (χ3v) is 3.00. The van der Waals surface area contributed by atoms with Crippen molar-refractivity contribution in [2.45, 2.75) is 13.1 Å². The molecule has 8 heteroatoms. The molecule has 118 valence electrons. The van der Waals surface area contributed by atoms with Gasteiger partial charge in [0.1, 0.15) is 0 Å². The molecule has 1 aromatic carbocycles. The Bertz CT molecular complexity index is 504. The smallest absolute Gasteiger partial charge is 0.409 e. The van der Waals surface area contributed by atoms with E-state index >= 15 is 0 Å². The van der Waals surface area contributed by atoms with Gasteiger partial charge in [0.05, 0.1) is 12.2 Å². The van der Waals surface area contributed by atoms with Crippen LogP contribution in [0.4, 0.5) is 18.9 Å². The van der Waals surface area contributed by atoms with E-state index in [2.05, 4.69) is 5.16 Å². The van der Waals surface area contributed by atoms with Crippen molar-refractivity contribution in [3.63, 3.8) is 0 Å². The molecule has 0 aromatic heterocycles. The van der Waals surface area contributed by atoms with Gasteiger partial charge in [0.25, 0.3) is 0 Å². The third kappa shape index (κ3) is 4.25. The van der Waals surface area contributed by atoms with E-state index in [0.717, 1.165) is 12.1 Å². The summed E-state index contributed by atoms with van der Waals surface area (Å²) in [6.07, 6.45) is -4.49. The van der Waals surface area contributed by atoms with Crippen molar-refractivity contribution in [2.75, 3.05) is 31.7 Å². The van der Waals surface area contributed by atoms with Crippen LogP contribution in [0.1, 0.15) is 18.1 Å². The van der Waals surface area contributed by atoms with Crippen LogP contribution >= 0.6 is 0 Å². The van der Waals surface area contributed by atoms with E-state index in [1.165, 1.54) is 13.2 Å². The Kier molecular flexibility index (Phi) is 5.83. The van der Waals surface area contributed by atoms with Crippen LogP contribution in [-0.4, -0.2) is 37.8 Å². The van der Waals surface area contributed by atoms with Gasteiger partial charge in [-0.25, -0.2) is 0 Å². The van der Waals surface area contributed by atoms with E-state index in [-0.39, 0.29) is 11.4 Å². The highest BCUT2D eigenvalue weighted by atomic mass is 19.4. The molecule has 0 amide bonds. The Morgan fingerprint density at radius 2 is 2.10 bits per heavy atom. The van der Waals surface area contributed by atoms with Crippen LogP contribution in [0.5, 0.6) is 0 Å². The number of methoxy groups -OCH3 is 1. The first-order valence-corrected chi connectivity index (χ1v) is 6.28. The lowest BCUT2D eigenvalue weighted by atomic mass is 10.1. The van der Waals surface area contributed by atoms with E-state index in [1.54, 1.807) is 4.90 Å². The number of ether oxygens (including phenoxy) is 1. The van der Waals surface area contributed by atoms with Gasteiger partial charge in [-0.05, 0) is 25.1 Å².